The fourth-order valence-electron chi connectivity index (χ4n) is 1.69. The second-order valence-electron chi connectivity index (χ2n) is 3.86. The van der Waals surface area contributed by atoms with E-state index < -0.39 is 0 Å². The summed E-state index contributed by atoms with van der Waals surface area (Å²) in [5, 5.41) is 4.11. The quantitative estimate of drug-likeness (QED) is 0.702. The topological polar surface area (TPSA) is 34.9 Å². The number of hydrogen-bond acceptors (Lipinski definition) is 2. The molecule has 1 aliphatic carbocycles. The molecule has 0 N–H and O–H groups in total. The third kappa shape index (κ3) is 1.64. The van der Waals surface area contributed by atoms with Gasteiger partial charge in [0, 0.05) is 24.4 Å². The van der Waals surface area contributed by atoms with Gasteiger partial charge in [0.1, 0.15) is 5.78 Å². The van der Waals surface area contributed by atoms with E-state index in [-0.39, 0.29) is 5.41 Å². The third-order valence-corrected chi connectivity index (χ3v) is 2.98. The zero-order valence-corrected chi connectivity index (χ0v) is 7.86. The van der Waals surface area contributed by atoms with E-state index in [1.807, 2.05) is 16.9 Å². The van der Waals surface area contributed by atoms with Gasteiger partial charge in [-0.2, -0.15) is 5.10 Å². The average Bonchev–Trinajstić information content (AvgIpc) is 2.73. The monoisotopic (exact) mass is 178 g/mol. The lowest BCUT2D eigenvalue weighted by molar-refractivity contribution is -0.122. The molecule has 0 unspecified atom stereocenters. The van der Waals surface area contributed by atoms with Gasteiger partial charge in [-0.3, -0.25) is 9.48 Å². The van der Waals surface area contributed by atoms with Crippen molar-refractivity contribution in [3.05, 3.63) is 18.5 Å². The van der Waals surface area contributed by atoms with Crippen LogP contribution in [0.25, 0.3) is 0 Å². The highest BCUT2D eigenvalue weighted by molar-refractivity contribution is 5.84. The minimum Gasteiger partial charge on any atom is -0.299 e. The summed E-state index contributed by atoms with van der Waals surface area (Å²) in [5.41, 5.74) is 0.0198. The molecule has 1 aromatic rings. The highest BCUT2D eigenvalue weighted by Crippen LogP contribution is 2.49. The summed E-state index contributed by atoms with van der Waals surface area (Å²) in [6, 6.07) is 1.91. The Balaban J connectivity index is 1.90. The SMILES string of the molecule is CC(=O)C1(CCn2cccn2)CC1. The highest BCUT2D eigenvalue weighted by atomic mass is 16.1. The van der Waals surface area contributed by atoms with E-state index in [1.54, 1.807) is 13.1 Å². The van der Waals surface area contributed by atoms with Crippen molar-refractivity contribution >= 4 is 5.78 Å². The first-order chi connectivity index (χ1) is 6.23. The second kappa shape index (κ2) is 2.98. The van der Waals surface area contributed by atoms with Crippen molar-refractivity contribution in [2.45, 2.75) is 32.7 Å². The minimum atomic E-state index is 0.0198. The van der Waals surface area contributed by atoms with Gasteiger partial charge in [0.2, 0.25) is 0 Å². The summed E-state index contributed by atoms with van der Waals surface area (Å²) in [6.45, 7) is 2.57. The molecule has 13 heavy (non-hydrogen) atoms. The summed E-state index contributed by atoms with van der Waals surface area (Å²) >= 11 is 0. The largest absolute Gasteiger partial charge is 0.299 e. The van der Waals surface area contributed by atoms with Crippen molar-refractivity contribution in [3.63, 3.8) is 0 Å². The maximum absolute atomic E-state index is 11.3. The van der Waals surface area contributed by atoms with Crippen LogP contribution in [0.5, 0.6) is 0 Å². The van der Waals surface area contributed by atoms with Crippen molar-refractivity contribution < 1.29 is 4.79 Å². The molecule has 0 spiro atoms. The lowest BCUT2D eigenvalue weighted by atomic mass is 9.98. The Labute approximate surface area is 77.7 Å². The standard InChI is InChI=1S/C10H14N2O/c1-9(13)10(3-4-10)5-8-12-7-2-6-11-12/h2,6-7H,3-5,8H2,1H3. The van der Waals surface area contributed by atoms with Crippen molar-refractivity contribution in [1.29, 1.82) is 0 Å². The molecule has 0 aromatic carbocycles. The van der Waals surface area contributed by atoms with E-state index in [0.29, 0.717) is 5.78 Å². The molecule has 1 heterocycles. The molecule has 0 amide bonds. The number of carbonyl (C=O) groups excluding carboxylic acids is 1. The van der Waals surface area contributed by atoms with Crippen LogP contribution in [-0.4, -0.2) is 15.6 Å². The molecule has 1 aliphatic rings. The number of hydrogen-bond donors (Lipinski definition) is 0. The van der Waals surface area contributed by atoms with E-state index in [1.165, 1.54) is 0 Å². The normalized spacial score (nSPS) is 18.5. The van der Waals surface area contributed by atoms with Crippen LogP contribution >= 0.6 is 0 Å². The van der Waals surface area contributed by atoms with Crippen molar-refractivity contribution in [3.8, 4) is 0 Å². The van der Waals surface area contributed by atoms with Crippen molar-refractivity contribution in [2.24, 2.45) is 5.41 Å². The third-order valence-electron chi connectivity index (χ3n) is 2.98. The second-order valence-corrected chi connectivity index (χ2v) is 3.86. The predicted molar refractivity (Wildman–Crippen MR) is 49.2 cm³/mol. The summed E-state index contributed by atoms with van der Waals surface area (Å²) in [4.78, 5) is 11.3. The van der Waals surface area contributed by atoms with Gasteiger partial charge < -0.3 is 0 Å². The van der Waals surface area contributed by atoms with Crippen LogP contribution in [0.3, 0.4) is 0 Å². The van der Waals surface area contributed by atoms with E-state index in [4.69, 9.17) is 0 Å². The van der Waals surface area contributed by atoms with Crippen molar-refractivity contribution in [2.75, 3.05) is 0 Å². The van der Waals surface area contributed by atoms with Gasteiger partial charge in [-0.1, -0.05) is 0 Å². The van der Waals surface area contributed by atoms with Gasteiger partial charge in [0.15, 0.2) is 0 Å². The first-order valence-corrected chi connectivity index (χ1v) is 4.71. The number of ketones is 1. The first kappa shape index (κ1) is 8.48. The van der Waals surface area contributed by atoms with Crippen molar-refractivity contribution in [1.82, 2.24) is 9.78 Å². The zero-order chi connectivity index (χ0) is 9.31. The van der Waals surface area contributed by atoms with E-state index in [9.17, 15) is 4.79 Å². The number of nitrogens with zero attached hydrogens (tertiary/aromatic N) is 2. The van der Waals surface area contributed by atoms with E-state index in [0.717, 1.165) is 25.8 Å². The minimum absolute atomic E-state index is 0.0198. The fourth-order valence-corrected chi connectivity index (χ4v) is 1.69. The van der Waals surface area contributed by atoms with E-state index in [2.05, 4.69) is 5.10 Å². The summed E-state index contributed by atoms with van der Waals surface area (Å²) < 4.78 is 1.89. The molecule has 0 atom stereocenters. The Bertz CT molecular complexity index is 299. The average molecular weight is 178 g/mol. The number of rotatable bonds is 4. The molecule has 1 fully saturated rings. The molecule has 1 aromatic heterocycles. The van der Waals surface area contributed by atoms with Gasteiger partial charge in [0.05, 0.1) is 0 Å². The van der Waals surface area contributed by atoms with E-state index >= 15 is 0 Å². The molecule has 2 rings (SSSR count). The summed E-state index contributed by atoms with van der Waals surface area (Å²) in [6.07, 6.45) is 6.81. The van der Waals surface area contributed by atoms with Gasteiger partial charge in [0.25, 0.3) is 0 Å². The number of aromatic nitrogens is 2. The molecule has 3 heteroatoms. The highest BCUT2D eigenvalue weighted by Gasteiger charge is 2.46. The predicted octanol–water partition coefficient (Wildman–Crippen LogP) is 1.64. The lowest BCUT2D eigenvalue weighted by Crippen LogP contribution is -2.15. The van der Waals surface area contributed by atoms with Gasteiger partial charge in [-0.25, -0.2) is 0 Å². The van der Waals surface area contributed by atoms with Crippen LogP contribution in [-0.2, 0) is 11.3 Å². The molecule has 0 radical (unpaired) electrons. The number of Topliss-reactive ketones (excluding diaryl/α,β-unsaturated/α-hetero) is 1. The van der Waals surface area contributed by atoms with Crippen LogP contribution in [0.15, 0.2) is 18.5 Å². The molecule has 1 saturated carbocycles. The van der Waals surface area contributed by atoms with Crippen LogP contribution in [0.4, 0.5) is 0 Å². The molecular weight excluding hydrogens is 164 g/mol. The smallest absolute Gasteiger partial charge is 0.136 e. The van der Waals surface area contributed by atoms with Crippen LogP contribution in [0.1, 0.15) is 26.2 Å². The maximum atomic E-state index is 11.3. The first-order valence-electron chi connectivity index (χ1n) is 4.71. The molecule has 0 aliphatic heterocycles. The summed E-state index contributed by atoms with van der Waals surface area (Å²) in [5.74, 6) is 0.347. The Kier molecular flexibility index (Phi) is 1.94. The number of aryl methyl sites for hydroxylation is 1. The fraction of sp³-hybridized carbons (Fsp3) is 0.600. The van der Waals surface area contributed by atoms with Gasteiger partial charge >= 0.3 is 0 Å². The molecule has 70 valence electrons. The van der Waals surface area contributed by atoms with Gasteiger partial charge in [-0.15, -0.1) is 0 Å². The van der Waals surface area contributed by atoms with Crippen LogP contribution in [0.2, 0.25) is 0 Å². The molecule has 0 bridgehead atoms. The zero-order valence-electron chi connectivity index (χ0n) is 7.86. The molecule has 3 nitrogen and oxygen atoms in total. The van der Waals surface area contributed by atoms with Crippen LogP contribution in [0, 0.1) is 5.41 Å². The Morgan fingerprint density at radius 3 is 2.85 bits per heavy atom. The Hall–Kier alpha value is -1.12. The summed E-state index contributed by atoms with van der Waals surface area (Å²) in [7, 11) is 0. The Morgan fingerprint density at radius 1 is 1.62 bits per heavy atom. The van der Waals surface area contributed by atoms with Crippen LogP contribution < -0.4 is 0 Å². The number of carbonyl (C=O) groups is 1. The lowest BCUT2D eigenvalue weighted by Gasteiger charge is -2.10. The Morgan fingerprint density at radius 2 is 2.38 bits per heavy atom. The maximum Gasteiger partial charge on any atom is 0.136 e. The molecular formula is C10H14N2O. The molecule has 0 saturated heterocycles. The van der Waals surface area contributed by atoms with Gasteiger partial charge in [-0.05, 0) is 32.3 Å².